The van der Waals surface area contributed by atoms with Crippen molar-refractivity contribution in [1.82, 2.24) is 0 Å². The summed E-state index contributed by atoms with van der Waals surface area (Å²) in [6.45, 7) is 0.963. The molecule has 8 nitrogen and oxygen atoms in total. The van der Waals surface area contributed by atoms with Crippen molar-refractivity contribution < 1.29 is 19.1 Å². The van der Waals surface area contributed by atoms with Crippen LogP contribution in [0, 0.1) is 0 Å². The summed E-state index contributed by atoms with van der Waals surface area (Å²) in [5.74, 6) is -1.32. The number of carbonyl (C=O) groups is 3. The van der Waals surface area contributed by atoms with Gasteiger partial charge < -0.3 is 15.4 Å². The van der Waals surface area contributed by atoms with E-state index in [2.05, 4.69) is 20.9 Å². The molecule has 0 radical (unpaired) electrons. The zero-order chi connectivity index (χ0) is 22.1. The SMILES string of the molecule is CC(=O)Nc1ccc(C(=O)OCC(=O)Nc2ccc(N=Nc3ccccc3)cc2)cc1. The second-order valence-electron chi connectivity index (χ2n) is 6.47. The third kappa shape index (κ3) is 6.90. The van der Waals surface area contributed by atoms with Crippen LogP contribution in [0.25, 0.3) is 0 Å². The molecule has 0 atom stereocenters. The van der Waals surface area contributed by atoms with Gasteiger partial charge in [-0.3, -0.25) is 9.59 Å². The van der Waals surface area contributed by atoms with Crippen LogP contribution in [0.4, 0.5) is 22.7 Å². The van der Waals surface area contributed by atoms with E-state index in [9.17, 15) is 14.4 Å². The smallest absolute Gasteiger partial charge is 0.338 e. The molecule has 0 saturated heterocycles. The van der Waals surface area contributed by atoms with Crippen LogP contribution in [0.2, 0.25) is 0 Å². The van der Waals surface area contributed by atoms with E-state index in [-0.39, 0.29) is 11.5 Å². The fraction of sp³-hybridized carbons (Fsp3) is 0.0870. The van der Waals surface area contributed by atoms with Crippen molar-refractivity contribution in [2.75, 3.05) is 17.2 Å². The highest BCUT2D eigenvalue weighted by Gasteiger charge is 2.11. The third-order valence-electron chi connectivity index (χ3n) is 3.96. The van der Waals surface area contributed by atoms with Crippen LogP contribution in [-0.2, 0) is 14.3 Å². The zero-order valence-electron chi connectivity index (χ0n) is 16.7. The molecule has 0 fully saturated rings. The summed E-state index contributed by atoms with van der Waals surface area (Å²) in [7, 11) is 0. The van der Waals surface area contributed by atoms with Crippen molar-refractivity contribution >= 4 is 40.5 Å². The Bertz CT molecular complexity index is 1080. The lowest BCUT2D eigenvalue weighted by Gasteiger charge is -2.07. The number of rotatable bonds is 7. The molecule has 3 rings (SSSR count). The normalized spacial score (nSPS) is 10.5. The monoisotopic (exact) mass is 416 g/mol. The number of ether oxygens (including phenoxy) is 1. The van der Waals surface area contributed by atoms with E-state index in [0.29, 0.717) is 17.1 Å². The molecule has 0 unspecified atom stereocenters. The largest absolute Gasteiger partial charge is 0.452 e. The number of nitrogens with zero attached hydrogens (tertiary/aromatic N) is 2. The molecule has 8 heteroatoms. The lowest BCUT2D eigenvalue weighted by molar-refractivity contribution is -0.119. The van der Waals surface area contributed by atoms with E-state index < -0.39 is 18.5 Å². The van der Waals surface area contributed by atoms with Crippen LogP contribution in [-0.4, -0.2) is 24.4 Å². The molecule has 31 heavy (non-hydrogen) atoms. The lowest BCUT2D eigenvalue weighted by atomic mass is 10.2. The molecule has 3 aromatic rings. The summed E-state index contributed by atoms with van der Waals surface area (Å²) in [5.41, 5.74) is 2.75. The fourth-order valence-electron chi connectivity index (χ4n) is 2.53. The van der Waals surface area contributed by atoms with Gasteiger partial charge in [0.15, 0.2) is 6.61 Å². The molecular formula is C23H20N4O4. The molecule has 0 saturated carbocycles. The number of anilines is 2. The van der Waals surface area contributed by atoms with Crippen LogP contribution in [0.1, 0.15) is 17.3 Å². The zero-order valence-corrected chi connectivity index (χ0v) is 16.7. The third-order valence-corrected chi connectivity index (χ3v) is 3.96. The van der Waals surface area contributed by atoms with Crippen LogP contribution in [0.3, 0.4) is 0 Å². The summed E-state index contributed by atoms with van der Waals surface area (Å²) < 4.78 is 5.02. The molecule has 0 heterocycles. The molecule has 156 valence electrons. The molecule has 0 bridgehead atoms. The van der Waals surface area contributed by atoms with Gasteiger partial charge in [-0.15, -0.1) is 0 Å². The Balaban J connectivity index is 1.47. The van der Waals surface area contributed by atoms with E-state index in [1.165, 1.54) is 19.1 Å². The Labute approximate surface area is 179 Å². The summed E-state index contributed by atoms with van der Waals surface area (Å²) in [5, 5.41) is 13.5. The van der Waals surface area contributed by atoms with Gasteiger partial charge in [0.25, 0.3) is 5.91 Å². The van der Waals surface area contributed by atoms with Gasteiger partial charge in [-0.1, -0.05) is 18.2 Å². The van der Waals surface area contributed by atoms with Crippen LogP contribution in [0.5, 0.6) is 0 Å². The molecule has 0 aromatic heterocycles. The highest BCUT2D eigenvalue weighted by atomic mass is 16.5. The van der Waals surface area contributed by atoms with E-state index in [1.807, 2.05) is 30.3 Å². The second-order valence-corrected chi connectivity index (χ2v) is 6.47. The first-order valence-corrected chi connectivity index (χ1v) is 9.41. The highest BCUT2D eigenvalue weighted by Crippen LogP contribution is 2.20. The summed E-state index contributed by atoms with van der Waals surface area (Å²) >= 11 is 0. The minimum Gasteiger partial charge on any atom is -0.452 e. The standard InChI is InChI=1S/C23H20N4O4/c1-16(28)24-18-9-7-17(8-10-18)23(30)31-15-22(29)25-19-11-13-21(14-12-19)27-26-20-5-3-2-4-6-20/h2-14H,15H2,1H3,(H,24,28)(H,25,29). The molecular weight excluding hydrogens is 396 g/mol. The molecule has 3 aromatic carbocycles. The number of hydrogen-bond donors (Lipinski definition) is 2. The van der Waals surface area contributed by atoms with Crippen LogP contribution in [0.15, 0.2) is 89.1 Å². The van der Waals surface area contributed by atoms with Gasteiger partial charge in [-0.2, -0.15) is 10.2 Å². The van der Waals surface area contributed by atoms with Gasteiger partial charge in [0.05, 0.1) is 16.9 Å². The summed E-state index contributed by atoms with van der Waals surface area (Å²) in [4.78, 5) is 35.1. The Kier molecular flexibility index (Phi) is 7.21. The molecule has 0 spiro atoms. The molecule has 2 amide bonds. The fourth-order valence-corrected chi connectivity index (χ4v) is 2.53. The molecule has 0 aliphatic carbocycles. The minimum absolute atomic E-state index is 0.209. The van der Waals surface area contributed by atoms with Gasteiger partial charge in [0.2, 0.25) is 5.91 Å². The topological polar surface area (TPSA) is 109 Å². The Hall–Kier alpha value is -4.33. The van der Waals surface area contributed by atoms with Crippen molar-refractivity contribution in [2.45, 2.75) is 6.92 Å². The molecule has 0 aliphatic heterocycles. The highest BCUT2D eigenvalue weighted by molar-refractivity contribution is 5.96. The second kappa shape index (κ2) is 10.4. The predicted octanol–water partition coefficient (Wildman–Crippen LogP) is 4.86. The average molecular weight is 416 g/mol. The van der Waals surface area contributed by atoms with Gasteiger partial charge in [-0.05, 0) is 60.7 Å². The van der Waals surface area contributed by atoms with Gasteiger partial charge in [-0.25, -0.2) is 4.79 Å². The van der Waals surface area contributed by atoms with Gasteiger partial charge >= 0.3 is 5.97 Å². The predicted molar refractivity (Wildman–Crippen MR) is 117 cm³/mol. The lowest BCUT2D eigenvalue weighted by Crippen LogP contribution is -2.20. The van der Waals surface area contributed by atoms with E-state index in [0.717, 1.165) is 5.69 Å². The first-order chi connectivity index (χ1) is 15.0. The Morgan fingerprint density at radius 3 is 1.90 bits per heavy atom. The number of azo groups is 1. The minimum atomic E-state index is -0.638. The van der Waals surface area contributed by atoms with E-state index in [4.69, 9.17) is 4.74 Å². The number of carbonyl (C=O) groups excluding carboxylic acids is 3. The maximum Gasteiger partial charge on any atom is 0.338 e. The average Bonchev–Trinajstić information content (AvgIpc) is 2.78. The first-order valence-electron chi connectivity index (χ1n) is 9.41. The molecule has 0 aliphatic rings. The summed E-state index contributed by atoms with van der Waals surface area (Å²) in [6.07, 6.45) is 0. The number of nitrogens with one attached hydrogen (secondary N) is 2. The van der Waals surface area contributed by atoms with Crippen LogP contribution >= 0.6 is 0 Å². The Morgan fingerprint density at radius 1 is 0.742 bits per heavy atom. The van der Waals surface area contributed by atoms with Crippen molar-refractivity contribution in [3.63, 3.8) is 0 Å². The van der Waals surface area contributed by atoms with E-state index >= 15 is 0 Å². The maximum absolute atomic E-state index is 12.1. The number of hydrogen-bond acceptors (Lipinski definition) is 6. The van der Waals surface area contributed by atoms with Crippen molar-refractivity contribution in [3.8, 4) is 0 Å². The number of amides is 2. The van der Waals surface area contributed by atoms with Crippen molar-refractivity contribution in [2.24, 2.45) is 10.2 Å². The maximum atomic E-state index is 12.1. The van der Waals surface area contributed by atoms with Gasteiger partial charge in [0, 0.05) is 18.3 Å². The quantitative estimate of drug-likeness (QED) is 0.423. The summed E-state index contributed by atoms with van der Waals surface area (Å²) in [6, 6.07) is 22.3. The van der Waals surface area contributed by atoms with Crippen molar-refractivity contribution in [1.29, 1.82) is 0 Å². The Morgan fingerprint density at radius 2 is 1.29 bits per heavy atom. The number of benzene rings is 3. The first kappa shape index (κ1) is 21.4. The van der Waals surface area contributed by atoms with E-state index in [1.54, 1.807) is 36.4 Å². The van der Waals surface area contributed by atoms with Gasteiger partial charge in [0.1, 0.15) is 0 Å². The van der Waals surface area contributed by atoms with Crippen LogP contribution < -0.4 is 10.6 Å². The molecule has 2 N–H and O–H groups in total. The number of esters is 1. The van der Waals surface area contributed by atoms with Crippen molar-refractivity contribution in [3.05, 3.63) is 84.4 Å².